The van der Waals surface area contributed by atoms with Gasteiger partial charge in [-0.25, -0.2) is 4.99 Å². The van der Waals surface area contributed by atoms with Crippen molar-refractivity contribution < 1.29 is 9.47 Å². The van der Waals surface area contributed by atoms with Crippen LogP contribution in [0, 0.1) is 0 Å². The molecule has 0 amide bonds. The number of nitrogens with two attached hydrogens (primary N) is 1. The Morgan fingerprint density at radius 3 is 2.60 bits per heavy atom. The zero-order valence-electron chi connectivity index (χ0n) is 15.9. The molecule has 1 aromatic rings. The summed E-state index contributed by atoms with van der Waals surface area (Å²) in [5.74, 6) is 0.452. The summed E-state index contributed by atoms with van der Waals surface area (Å²) in [5.41, 5.74) is 8.48. The zero-order valence-corrected chi connectivity index (χ0v) is 15.9. The van der Waals surface area contributed by atoms with Gasteiger partial charge >= 0.3 is 0 Å². The molecule has 0 aliphatic carbocycles. The molecule has 0 aromatic heterocycles. The standard InChI is InChI=1S/C19H32N4O2/c1-14(13-24-4)22-19(20)21-9-17-7-5-6-8-18(17)12-23-10-15(2)25-16(3)11-23/h5-8,14-16H,9-13H2,1-4H3,(H3,20,21,22). The van der Waals surface area contributed by atoms with Crippen molar-refractivity contribution in [1.29, 1.82) is 0 Å². The molecule has 3 atom stereocenters. The normalized spacial score (nSPS) is 23.4. The molecule has 0 bridgehead atoms. The molecule has 1 fully saturated rings. The molecule has 3 N–H and O–H groups in total. The Labute approximate surface area is 151 Å². The fourth-order valence-electron chi connectivity index (χ4n) is 3.28. The van der Waals surface area contributed by atoms with Gasteiger partial charge in [-0.15, -0.1) is 0 Å². The highest BCUT2D eigenvalue weighted by Crippen LogP contribution is 2.17. The monoisotopic (exact) mass is 348 g/mol. The van der Waals surface area contributed by atoms with Crippen LogP contribution in [-0.4, -0.2) is 55.9 Å². The first-order valence-corrected chi connectivity index (χ1v) is 8.98. The molecular formula is C19H32N4O2. The molecule has 0 spiro atoms. The Morgan fingerprint density at radius 1 is 1.32 bits per heavy atom. The maximum absolute atomic E-state index is 5.98. The van der Waals surface area contributed by atoms with Crippen molar-refractivity contribution in [2.75, 3.05) is 26.8 Å². The summed E-state index contributed by atoms with van der Waals surface area (Å²) < 4.78 is 10.9. The lowest BCUT2D eigenvalue weighted by molar-refractivity contribution is -0.0705. The molecule has 1 aliphatic rings. The SMILES string of the molecule is COCC(C)NC(N)=NCc1ccccc1CN1CC(C)OC(C)C1. The molecule has 2 rings (SSSR count). The van der Waals surface area contributed by atoms with E-state index in [0.717, 1.165) is 19.6 Å². The molecule has 25 heavy (non-hydrogen) atoms. The summed E-state index contributed by atoms with van der Waals surface area (Å²) in [6, 6.07) is 8.57. The number of guanidine groups is 1. The zero-order chi connectivity index (χ0) is 18.2. The van der Waals surface area contributed by atoms with Crippen LogP contribution in [0.3, 0.4) is 0 Å². The maximum Gasteiger partial charge on any atom is 0.189 e. The van der Waals surface area contributed by atoms with Crippen LogP contribution in [0.15, 0.2) is 29.3 Å². The number of hydrogen-bond donors (Lipinski definition) is 2. The quantitative estimate of drug-likeness (QED) is 0.580. The summed E-state index contributed by atoms with van der Waals surface area (Å²) in [6.45, 7) is 10.3. The van der Waals surface area contributed by atoms with Crippen LogP contribution in [0.2, 0.25) is 0 Å². The minimum absolute atomic E-state index is 0.139. The fraction of sp³-hybridized carbons (Fsp3) is 0.632. The lowest BCUT2D eigenvalue weighted by Crippen LogP contribution is -2.44. The van der Waals surface area contributed by atoms with Crippen LogP contribution in [0.25, 0.3) is 0 Å². The highest BCUT2D eigenvalue weighted by molar-refractivity contribution is 5.78. The molecular weight excluding hydrogens is 316 g/mol. The van der Waals surface area contributed by atoms with Crippen molar-refractivity contribution in [3.63, 3.8) is 0 Å². The number of ether oxygens (including phenoxy) is 2. The van der Waals surface area contributed by atoms with Crippen molar-refractivity contribution in [1.82, 2.24) is 10.2 Å². The number of morpholine rings is 1. The van der Waals surface area contributed by atoms with Crippen molar-refractivity contribution >= 4 is 5.96 Å². The van der Waals surface area contributed by atoms with Crippen molar-refractivity contribution in [2.45, 2.75) is 52.1 Å². The van der Waals surface area contributed by atoms with Gasteiger partial charge in [0.1, 0.15) is 0 Å². The van der Waals surface area contributed by atoms with Gasteiger partial charge in [-0.2, -0.15) is 0 Å². The first-order chi connectivity index (χ1) is 12.0. The summed E-state index contributed by atoms with van der Waals surface area (Å²) in [6.07, 6.45) is 0.548. The van der Waals surface area contributed by atoms with Gasteiger partial charge in [-0.1, -0.05) is 24.3 Å². The Hall–Kier alpha value is -1.63. The van der Waals surface area contributed by atoms with Crippen molar-refractivity contribution in [3.05, 3.63) is 35.4 Å². The van der Waals surface area contributed by atoms with Crippen LogP contribution in [-0.2, 0) is 22.6 Å². The predicted octanol–water partition coefficient (Wildman–Crippen LogP) is 1.74. The number of nitrogens with zero attached hydrogens (tertiary/aromatic N) is 2. The molecule has 0 saturated carbocycles. The van der Waals surface area contributed by atoms with E-state index in [2.05, 4.69) is 53.3 Å². The lowest BCUT2D eigenvalue weighted by atomic mass is 10.1. The molecule has 3 unspecified atom stereocenters. The summed E-state index contributed by atoms with van der Waals surface area (Å²) >= 11 is 0. The third-order valence-electron chi connectivity index (χ3n) is 4.24. The van der Waals surface area contributed by atoms with Gasteiger partial charge < -0.3 is 20.5 Å². The third kappa shape index (κ3) is 6.65. The summed E-state index contributed by atoms with van der Waals surface area (Å²) in [5, 5.41) is 3.14. The van der Waals surface area contributed by atoms with Gasteiger partial charge in [0.05, 0.1) is 25.4 Å². The first kappa shape index (κ1) is 19.7. The van der Waals surface area contributed by atoms with E-state index in [-0.39, 0.29) is 18.2 Å². The topological polar surface area (TPSA) is 72.1 Å². The van der Waals surface area contributed by atoms with Crippen LogP contribution in [0.4, 0.5) is 0 Å². The number of methoxy groups -OCH3 is 1. The summed E-state index contributed by atoms with van der Waals surface area (Å²) in [7, 11) is 1.68. The fourth-order valence-corrected chi connectivity index (χ4v) is 3.28. The Morgan fingerprint density at radius 2 is 1.96 bits per heavy atom. The van der Waals surface area contributed by atoms with E-state index in [1.165, 1.54) is 11.1 Å². The minimum Gasteiger partial charge on any atom is -0.383 e. The second kappa shape index (κ2) is 9.75. The van der Waals surface area contributed by atoms with E-state index in [9.17, 15) is 0 Å². The maximum atomic E-state index is 5.98. The highest BCUT2D eigenvalue weighted by Gasteiger charge is 2.22. The summed E-state index contributed by atoms with van der Waals surface area (Å²) in [4.78, 5) is 6.93. The Kier molecular flexibility index (Phi) is 7.68. The Balaban J connectivity index is 1.98. The van der Waals surface area contributed by atoms with E-state index in [0.29, 0.717) is 19.1 Å². The molecule has 1 aromatic carbocycles. The van der Waals surface area contributed by atoms with E-state index in [1.54, 1.807) is 7.11 Å². The molecule has 1 aliphatic heterocycles. The van der Waals surface area contributed by atoms with Crippen LogP contribution >= 0.6 is 0 Å². The van der Waals surface area contributed by atoms with Crippen LogP contribution in [0.1, 0.15) is 31.9 Å². The molecule has 1 saturated heterocycles. The largest absolute Gasteiger partial charge is 0.383 e. The van der Waals surface area contributed by atoms with Crippen LogP contribution in [0.5, 0.6) is 0 Å². The van der Waals surface area contributed by atoms with Gasteiger partial charge in [0.15, 0.2) is 5.96 Å². The third-order valence-corrected chi connectivity index (χ3v) is 4.24. The van der Waals surface area contributed by atoms with Gasteiger partial charge in [-0.3, -0.25) is 4.90 Å². The average molecular weight is 348 g/mol. The molecule has 0 radical (unpaired) electrons. The first-order valence-electron chi connectivity index (χ1n) is 8.98. The van der Waals surface area contributed by atoms with E-state index in [4.69, 9.17) is 15.2 Å². The number of rotatable bonds is 7. The van der Waals surface area contributed by atoms with E-state index >= 15 is 0 Å². The molecule has 6 heteroatoms. The smallest absolute Gasteiger partial charge is 0.189 e. The van der Waals surface area contributed by atoms with Gasteiger partial charge in [0.25, 0.3) is 0 Å². The second-order valence-corrected chi connectivity index (χ2v) is 6.92. The minimum atomic E-state index is 0.139. The number of benzene rings is 1. The lowest BCUT2D eigenvalue weighted by Gasteiger charge is -2.35. The molecule has 1 heterocycles. The van der Waals surface area contributed by atoms with E-state index in [1.807, 2.05) is 6.92 Å². The van der Waals surface area contributed by atoms with Gasteiger partial charge in [-0.05, 0) is 31.9 Å². The number of aliphatic imine (C=N–C) groups is 1. The van der Waals surface area contributed by atoms with Gasteiger partial charge in [0, 0.05) is 32.8 Å². The molecule has 140 valence electrons. The van der Waals surface area contributed by atoms with Crippen LogP contribution < -0.4 is 11.1 Å². The van der Waals surface area contributed by atoms with Crippen molar-refractivity contribution in [3.8, 4) is 0 Å². The Bertz CT molecular complexity index is 554. The highest BCUT2D eigenvalue weighted by atomic mass is 16.5. The second-order valence-electron chi connectivity index (χ2n) is 6.92. The van der Waals surface area contributed by atoms with Gasteiger partial charge in [0.2, 0.25) is 0 Å². The van der Waals surface area contributed by atoms with Crippen molar-refractivity contribution in [2.24, 2.45) is 10.7 Å². The number of nitrogens with one attached hydrogen (secondary N) is 1. The molecule has 6 nitrogen and oxygen atoms in total. The average Bonchev–Trinajstić information content (AvgIpc) is 2.53. The number of hydrogen-bond acceptors (Lipinski definition) is 4. The predicted molar refractivity (Wildman–Crippen MR) is 102 cm³/mol. The van der Waals surface area contributed by atoms with E-state index < -0.39 is 0 Å².